The number of hydrogen-bond acceptors (Lipinski definition) is 2. The van der Waals surface area contributed by atoms with Crippen LogP contribution in [0.3, 0.4) is 0 Å². The van der Waals surface area contributed by atoms with Crippen LogP contribution in [-0.2, 0) is 24.8 Å². The molecule has 1 aromatic heterocycles. The molecule has 0 atom stereocenters. The topological polar surface area (TPSA) is 38.1 Å². The average molecular weight is 289 g/mol. The Bertz CT molecular complexity index is 664. The fourth-order valence-corrected chi connectivity index (χ4v) is 2.33. The molecule has 21 heavy (non-hydrogen) atoms. The van der Waals surface area contributed by atoms with Gasteiger partial charge >= 0.3 is 0 Å². The largest absolute Gasteiger partial charge is 0.341 e. The van der Waals surface area contributed by atoms with Crippen LogP contribution in [0.5, 0.6) is 0 Å². The fourth-order valence-electron chi connectivity index (χ4n) is 2.33. The smallest absolute Gasteiger partial charge is 0.227 e. The van der Waals surface area contributed by atoms with Crippen molar-refractivity contribution in [2.75, 3.05) is 7.05 Å². The summed E-state index contributed by atoms with van der Waals surface area (Å²) >= 11 is 0. The van der Waals surface area contributed by atoms with Crippen molar-refractivity contribution >= 4 is 5.91 Å². The van der Waals surface area contributed by atoms with Crippen molar-refractivity contribution in [3.05, 3.63) is 52.6 Å². The van der Waals surface area contributed by atoms with Gasteiger partial charge in [0.15, 0.2) is 0 Å². The number of benzene rings is 1. The second kappa shape index (κ2) is 6.08. The van der Waals surface area contributed by atoms with E-state index in [4.69, 9.17) is 0 Å². The summed E-state index contributed by atoms with van der Waals surface area (Å²) in [6.07, 6.45) is 0.288. The third-order valence-electron chi connectivity index (χ3n) is 3.78. The normalized spacial score (nSPS) is 10.7. The Hall–Kier alpha value is -2.17. The first kappa shape index (κ1) is 15.2. The van der Waals surface area contributed by atoms with Crippen molar-refractivity contribution in [1.29, 1.82) is 0 Å². The molecule has 0 bridgehead atoms. The Kier molecular flexibility index (Phi) is 4.40. The molecule has 5 heteroatoms. The van der Waals surface area contributed by atoms with Gasteiger partial charge in [-0.15, -0.1) is 0 Å². The number of likely N-dealkylation sites (N-methyl/N-ethyl adjacent to an activating group) is 1. The first-order chi connectivity index (χ1) is 9.90. The number of carbonyl (C=O) groups excluding carboxylic acids is 1. The predicted octanol–water partition coefficient (Wildman–Crippen LogP) is 2.38. The molecule has 0 fully saturated rings. The Balaban J connectivity index is 2.08. The molecule has 0 spiro atoms. The van der Waals surface area contributed by atoms with Gasteiger partial charge in [0.25, 0.3) is 0 Å². The number of hydrogen-bond donors (Lipinski definition) is 0. The summed E-state index contributed by atoms with van der Waals surface area (Å²) in [6, 6.07) is 6.51. The van der Waals surface area contributed by atoms with Crippen molar-refractivity contribution in [3.63, 3.8) is 0 Å². The van der Waals surface area contributed by atoms with Crippen LogP contribution in [0.4, 0.5) is 4.39 Å². The summed E-state index contributed by atoms with van der Waals surface area (Å²) < 4.78 is 15.4. The minimum Gasteiger partial charge on any atom is -0.341 e. The monoisotopic (exact) mass is 289 g/mol. The Morgan fingerprint density at radius 3 is 2.57 bits per heavy atom. The molecule has 0 aliphatic heterocycles. The van der Waals surface area contributed by atoms with Gasteiger partial charge in [-0.3, -0.25) is 9.48 Å². The zero-order valence-corrected chi connectivity index (χ0v) is 12.9. The molecule has 1 amide bonds. The van der Waals surface area contributed by atoms with Crippen molar-refractivity contribution in [3.8, 4) is 0 Å². The van der Waals surface area contributed by atoms with Crippen molar-refractivity contribution in [2.24, 2.45) is 7.05 Å². The van der Waals surface area contributed by atoms with E-state index in [2.05, 4.69) is 5.10 Å². The van der Waals surface area contributed by atoms with Gasteiger partial charge in [-0.05, 0) is 19.9 Å². The summed E-state index contributed by atoms with van der Waals surface area (Å²) in [7, 11) is 3.55. The summed E-state index contributed by atoms with van der Waals surface area (Å²) in [5, 5.41) is 4.31. The van der Waals surface area contributed by atoms with E-state index in [1.54, 1.807) is 34.8 Å². The molecule has 0 aliphatic rings. The Labute approximate surface area is 124 Å². The van der Waals surface area contributed by atoms with E-state index < -0.39 is 0 Å². The molecule has 0 radical (unpaired) electrons. The number of aromatic nitrogens is 2. The van der Waals surface area contributed by atoms with E-state index in [1.165, 1.54) is 6.07 Å². The second-order valence-corrected chi connectivity index (χ2v) is 5.29. The first-order valence-corrected chi connectivity index (χ1v) is 6.86. The molecule has 0 saturated carbocycles. The standard InChI is InChI=1S/C16H20FN3O/c1-11-14(12(2)20(4)18-11)9-16(21)19(3)10-13-7-5-6-8-15(13)17/h5-8H,9-10H2,1-4H3. The second-order valence-electron chi connectivity index (χ2n) is 5.29. The van der Waals surface area contributed by atoms with Crippen LogP contribution in [0.15, 0.2) is 24.3 Å². The Morgan fingerprint density at radius 2 is 2.00 bits per heavy atom. The minimum atomic E-state index is -0.286. The summed E-state index contributed by atoms with van der Waals surface area (Å²) in [4.78, 5) is 13.9. The highest BCUT2D eigenvalue weighted by atomic mass is 19.1. The SMILES string of the molecule is Cc1nn(C)c(C)c1CC(=O)N(C)Cc1ccccc1F. The maximum atomic E-state index is 13.6. The van der Waals surface area contributed by atoms with Gasteiger partial charge in [0.2, 0.25) is 5.91 Å². The third kappa shape index (κ3) is 3.29. The third-order valence-corrected chi connectivity index (χ3v) is 3.78. The van der Waals surface area contributed by atoms with Crippen LogP contribution in [0.25, 0.3) is 0 Å². The number of nitrogens with zero attached hydrogens (tertiary/aromatic N) is 3. The van der Waals surface area contributed by atoms with E-state index in [1.807, 2.05) is 20.9 Å². The predicted molar refractivity (Wildman–Crippen MR) is 79.3 cm³/mol. The molecule has 4 nitrogen and oxygen atoms in total. The molecule has 1 heterocycles. The van der Waals surface area contributed by atoms with Crippen molar-refractivity contribution < 1.29 is 9.18 Å². The highest BCUT2D eigenvalue weighted by Crippen LogP contribution is 2.15. The van der Waals surface area contributed by atoms with Crippen LogP contribution >= 0.6 is 0 Å². The maximum Gasteiger partial charge on any atom is 0.227 e. The molecule has 2 aromatic rings. The lowest BCUT2D eigenvalue weighted by Gasteiger charge is -2.18. The number of amides is 1. The van der Waals surface area contributed by atoms with E-state index in [0.717, 1.165) is 17.0 Å². The van der Waals surface area contributed by atoms with Crippen LogP contribution in [0.1, 0.15) is 22.5 Å². The van der Waals surface area contributed by atoms with Gasteiger partial charge in [0, 0.05) is 37.5 Å². The van der Waals surface area contributed by atoms with E-state index >= 15 is 0 Å². The molecule has 0 saturated heterocycles. The van der Waals surface area contributed by atoms with Gasteiger partial charge in [-0.25, -0.2) is 4.39 Å². The van der Waals surface area contributed by atoms with Crippen molar-refractivity contribution in [2.45, 2.75) is 26.8 Å². The lowest BCUT2D eigenvalue weighted by molar-refractivity contribution is -0.129. The molecule has 112 valence electrons. The molecule has 0 N–H and O–H groups in total. The minimum absolute atomic E-state index is 0.0440. The number of rotatable bonds is 4. The van der Waals surface area contributed by atoms with E-state index in [0.29, 0.717) is 5.56 Å². The van der Waals surface area contributed by atoms with Crippen molar-refractivity contribution in [1.82, 2.24) is 14.7 Å². The lowest BCUT2D eigenvalue weighted by Crippen LogP contribution is -2.28. The average Bonchev–Trinajstić information content (AvgIpc) is 2.67. The first-order valence-electron chi connectivity index (χ1n) is 6.86. The molecule has 0 aliphatic carbocycles. The highest BCUT2D eigenvalue weighted by molar-refractivity contribution is 5.79. The van der Waals surface area contributed by atoms with Gasteiger partial charge in [0.1, 0.15) is 5.82 Å². The number of aryl methyl sites for hydroxylation is 2. The molecule has 0 unspecified atom stereocenters. The lowest BCUT2D eigenvalue weighted by atomic mass is 10.1. The summed E-state index contributed by atoms with van der Waals surface area (Å²) in [5.74, 6) is -0.330. The molecular formula is C16H20FN3O. The summed E-state index contributed by atoms with van der Waals surface area (Å²) in [6.45, 7) is 4.11. The van der Waals surface area contributed by atoms with Crippen LogP contribution < -0.4 is 0 Å². The van der Waals surface area contributed by atoms with Gasteiger partial charge in [-0.1, -0.05) is 18.2 Å². The van der Waals surface area contributed by atoms with E-state index in [9.17, 15) is 9.18 Å². The van der Waals surface area contributed by atoms with Crippen LogP contribution in [0.2, 0.25) is 0 Å². The van der Waals surface area contributed by atoms with E-state index in [-0.39, 0.29) is 24.7 Å². The van der Waals surface area contributed by atoms with Crippen LogP contribution in [0, 0.1) is 19.7 Å². The molecular weight excluding hydrogens is 269 g/mol. The highest BCUT2D eigenvalue weighted by Gasteiger charge is 2.17. The quantitative estimate of drug-likeness (QED) is 0.866. The zero-order valence-electron chi connectivity index (χ0n) is 12.9. The fraction of sp³-hybridized carbons (Fsp3) is 0.375. The number of halogens is 1. The van der Waals surface area contributed by atoms with Gasteiger partial charge in [0.05, 0.1) is 12.1 Å². The number of carbonyl (C=O) groups is 1. The van der Waals surface area contributed by atoms with Crippen LogP contribution in [-0.4, -0.2) is 27.6 Å². The maximum absolute atomic E-state index is 13.6. The zero-order chi connectivity index (χ0) is 15.6. The van der Waals surface area contributed by atoms with Gasteiger partial charge < -0.3 is 4.90 Å². The summed E-state index contributed by atoms with van der Waals surface area (Å²) in [5.41, 5.74) is 3.32. The Morgan fingerprint density at radius 1 is 1.33 bits per heavy atom. The molecule has 1 aromatic carbocycles. The van der Waals surface area contributed by atoms with Gasteiger partial charge in [-0.2, -0.15) is 5.10 Å². The molecule has 2 rings (SSSR count).